The first-order valence-electron chi connectivity index (χ1n) is 7.46. The molecule has 1 aromatic heterocycles. The Hall–Kier alpha value is -0.460. The third-order valence-corrected chi connectivity index (χ3v) is 6.56. The van der Waals surface area contributed by atoms with E-state index in [1.54, 1.807) is 6.20 Å². The fraction of sp³-hybridized carbons (Fsp3) is 0.667. The van der Waals surface area contributed by atoms with Crippen LogP contribution in [0.1, 0.15) is 44.3 Å². The molecule has 0 saturated heterocycles. The molecule has 1 aliphatic rings. The van der Waals surface area contributed by atoms with Gasteiger partial charge >= 0.3 is 0 Å². The van der Waals surface area contributed by atoms with Crippen molar-refractivity contribution in [2.45, 2.75) is 43.9 Å². The predicted octanol–water partition coefficient (Wildman–Crippen LogP) is 3.10. The van der Waals surface area contributed by atoms with Crippen molar-refractivity contribution >= 4 is 25.8 Å². The first-order valence-corrected chi connectivity index (χ1v) is 10.2. The van der Waals surface area contributed by atoms with Crippen LogP contribution in [0.4, 0.5) is 0 Å². The Kier molecular flexibility index (Phi) is 5.80. The summed E-state index contributed by atoms with van der Waals surface area (Å²) < 4.78 is 24.7. The smallest absolute Gasteiger partial charge is 0.150 e. The minimum absolute atomic E-state index is 0.107. The van der Waals surface area contributed by atoms with Gasteiger partial charge in [-0.05, 0) is 59.8 Å². The molecule has 0 aliphatic heterocycles. The summed E-state index contributed by atoms with van der Waals surface area (Å²) in [5.41, 5.74) is 0.985. The molecule has 0 radical (unpaired) electrons. The number of nitrogens with zero attached hydrogens (tertiary/aromatic N) is 1. The van der Waals surface area contributed by atoms with Gasteiger partial charge in [0, 0.05) is 16.9 Å². The maximum atomic E-state index is 11.9. The van der Waals surface area contributed by atoms with Gasteiger partial charge in [0.15, 0.2) is 0 Å². The molecule has 1 fully saturated rings. The zero-order valence-electron chi connectivity index (χ0n) is 12.5. The fourth-order valence-electron chi connectivity index (χ4n) is 3.21. The predicted molar refractivity (Wildman–Crippen MR) is 88.9 cm³/mol. The van der Waals surface area contributed by atoms with Crippen molar-refractivity contribution in [1.29, 1.82) is 0 Å². The zero-order chi connectivity index (χ0) is 15.5. The number of nitrogens with one attached hydrogen (secondary N) is 1. The number of aromatic nitrogens is 1. The van der Waals surface area contributed by atoms with E-state index in [1.165, 1.54) is 6.26 Å². The largest absolute Gasteiger partial charge is 0.309 e. The van der Waals surface area contributed by atoms with E-state index in [0.717, 1.165) is 42.4 Å². The van der Waals surface area contributed by atoms with Crippen LogP contribution in [0.3, 0.4) is 0 Å². The number of pyridine rings is 1. The molecule has 3 unspecified atom stereocenters. The van der Waals surface area contributed by atoms with Crippen LogP contribution in [0.2, 0.25) is 0 Å². The van der Waals surface area contributed by atoms with Gasteiger partial charge in [0.2, 0.25) is 0 Å². The molecular formula is C15H23BrN2O2S. The average Bonchev–Trinajstić information content (AvgIpc) is 2.45. The van der Waals surface area contributed by atoms with Gasteiger partial charge in [-0.25, -0.2) is 8.42 Å². The lowest BCUT2D eigenvalue weighted by molar-refractivity contribution is 0.271. The van der Waals surface area contributed by atoms with Crippen molar-refractivity contribution in [3.05, 3.63) is 28.5 Å². The maximum Gasteiger partial charge on any atom is 0.150 e. The van der Waals surface area contributed by atoms with E-state index in [9.17, 15) is 8.42 Å². The lowest BCUT2D eigenvalue weighted by Crippen LogP contribution is -2.36. The van der Waals surface area contributed by atoms with Crippen LogP contribution in [-0.4, -0.2) is 31.5 Å². The van der Waals surface area contributed by atoms with Gasteiger partial charge in [-0.15, -0.1) is 0 Å². The van der Waals surface area contributed by atoms with Crippen molar-refractivity contribution in [2.75, 3.05) is 12.8 Å². The second-order valence-corrected chi connectivity index (χ2v) is 8.96. The van der Waals surface area contributed by atoms with Gasteiger partial charge in [0.1, 0.15) is 9.84 Å². The normalized spacial score (nSPS) is 24.7. The van der Waals surface area contributed by atoms with Crippen LogP contribution in [0, 0.1) is 5.92 Å². The highest BCUT2D eigenvalue weighted by Crippen LogP contribution is 2.38. The van der Waals surface area contributed by atoms with E-state index in [1.807, 2.05) is 12.1 Å². The monoisotopic (exact) mass is 374 g/mol. The summed E-state index contributed by atoms with van der Waals surface area (Å²) in [6.07, 6.45) is 6.68. The van der Waals surface area contributed by atoms with Crippen molar-refractivity contribution in [3.8, 4) is 0 Å². The van der Waals surface area contributed by atoms with E-state index in [2.05, 4.69) is 33.2 Å². The minimum Gasteiger partial charge on any atom is -0.309 e. The van der Waals surface area contributed by atoms with Crippen molar-refractivity contribution < 1.29 is 8.42 Å². The van der Waals surface area contributed by atoms with Gasteiger partial charge in [0.05, 0.1) is 17.0 Å². The number of sulfone groups is 1. The highest BCUT2D eigenvalue weighted by molar-refractivity contribution is 9.10. The molecule has 1 aromatic rings. The van der Waals surface area contributed by atoms with Crippen LogP contribution < -0.4 is 5.32 Å². The zero-order valence-corrected chi connectivity index (χ0v) is 15.0. The minimum atomic E-state index is -2.96. The molecule has 21 heavy (non-hydrogen) atoms. The molecule has 4 nitrogen and oxygen atoms in total. The number of rotatable bonds is 5. The molecular weight excluding hydrogens is 352 g/mol. The van der Waals surface area contributed by atoms with Crippen LogP contribution in [0.5, 0.6) is 0 Å². The van der Waals surface area contributed by atoms with Gasteiger partial charge in [0.25, 0.3) is 0 Å². The Labute approximate surface area is 135 Å². The number of hydrogen-bond donors (Lipinski definition) is 1. The van der Waals surface area contributed by atoms with Gasteiger partial charge in [-0.3, -0.25) is 4.98 Å². The second-order valence-electron chi connectivity index (χ2n) is 5.78. The van der Waals surface area contributed by atoms with Crippen LogP contribution >= 0.6 is 15.9 Å². The molecule has 0 spiro atoms. The van der Waals surface area contributed by atoms with Crippen LogP contribution in [0.15, 0.2) is 22.8 Å². The third kappa shape index (κ3) is 4.27. The highest BCUT2D eigenvalue weighted by atomic mass is 79.9. The molecule has 6 heteroatoms. The molecule has 1 saturated carbocycles. The fourth-order valence-corrected chi connectivity index (χ4v) is 4.90. The first kappa shape index (κ1) is 16.9. The maximum absolute atomic E-state index is 11.9. The van der Waals surface area contributed by atoms with Crippen LogP contribution in [0.25, 0.3) is 0 Å². The van der Waals surface area contributed by atoms with E-state index >= 15 is 0 Å². The van der Waals surface area contributed by atoms with Crippen LogP contribution in [-0.2, 0) is 9.84 Å². The highest BCUT2D eigenvalue weighted by Gasteiger charge is 2.34. The molecule has 1 N–H and O–H groups in total. The molecule has 3 atom stereocenters. The summed E-state index contributed by atoms with van der Waals surface area (Å²) in [6.45, 7) is 2.91. The van der Waals surface area contributed by atoms with Crippen molar-refractivity contribution in [1.82, 2.24) is 10.3 Å². The molecule has 1 aliphatic carbocycles. The topological polar surface area (TPSA) is 59.1 Å². The third-order valence-electron chi connectivity index (χ3n) is 4.25. The molecule has 2 rings (SSSR count). The van der Waals surface area contributed by atoms with Crippen molar-refractivity contribution in [3.63, 3.8) is 0 Å². The molecule has 0 aromatic carbocycles. The van der Waals surface area contributed by atoms with E-state index < -0.39 is 9.84 Å². The Morgan fingerprint density at radius 2 is 2.24 bits per heavy atom. The molecule has 0 bridgehead atoms. The molecule has 0 amide bonds. The summed E-state index contributed by atoms with van der Waals surface area (Å²) in [5.74, 6) is 0.310. The number of halogens is 1. The van der Waals surface area contributed by atoms with E-state index in [0.29, 0.717) is 5.92 Å². The molecule has 118 valence electrons. The second kappa shape index (κ2) is 7.20. The van der Waals surface area contributed by atoms with Gasteiger partial charge in [-0.2, -0.15) is 0 Å². The quantitative estimate of drug-likeness (QED) is 0.859. The Morgan fingerprint density at radius 3 is 2.86 bits per heavy atom. The standard InChI is InChI=1S/C15H23BrN2O2S/c1-3-17-14(15-13(16)8-5-9-18-15)11-6-4-7-12(10-11)21(2,19)20/h5,8-9,11-12,14,17H,3-4,6-7,10H2,1-2H3. The summed E-state index contributed by atoms with van der Waals surface area (Å²) >= 11 is 3.57. The average molecular weight is 375 g/mol. The van der Waals surface area contributed by atoms with Crippen molar-refractivity contribution in [2.24, 2.45) is 5.92 Å². The summed E-state index contributed by atoms with van der Waals surface area (Å²) in [7, 11) is -2.96. The molecule has 1 heterocycles. The van der Waals surface area contributed by atoms with Gasteiger partial charge in [-0.1, -0.05) is 13.3 Å². The lowest BCUT2D eigenvalue weighted by Gasteiger charge is -2.34. The number of hydrogen-bond acceptors (Lipinski definition) is 4. The summed E-state index contributed by atoms with van der Waals surface area (Å²) in [5, 5.41) is 3.29. The Balaban J connectivity index is 2.24. The summed E-state index contributed by atoms with van der Waals surface area (Å²) in [4.78, 5) is 4.50. The first-order chi connectivity index (χ1) is 9.93. The Bertz CT molecular complexity index is 577. The van der Waals surface area contributed by atoms with E-state index in [4.69, 9.17) is 0 Å². The lowest BCUT2D eigenvalue weighted by atomic mass is 9.82. The SMILES string of the molecule is CCNC(c1ncccc1Br)C1CCCC(S(C)(=O)=O)C1. The Morgan fingerprint density at radius 1 is 1.48 bits per heavy atom. The van der Waals surface area contributed by atoms with Gasteiger partial charge < -0.3 is 5.32 Å². The van der Waals surface area contributed by atoms with E-state index in [-0.39, 0.29) is 11.3 Å². The summed E-state index contributed by atoms with van der Waals surface area (Å²) in [6, 6.07) is 4.00.